The van der Waals surface area contributed by atoms with Crippen molar-refractivity contribution < 1.29 is 0 Å². The van der Waals surface area contributed by atoms with Crippen LogP contribution in [0.1, 0.15) is 45.4 Å². The number of rotatable bonds is 6. The highest BCUT2D eigenvalue weighted by atomic mass is 32.2. The first-order chi connectivity index (χ1) is 8.90. The molecule has 3 heteroatoms. The van der Waals surface area contributed by atoms with Crippen LogP contribution < -0.4 is 5.32 Å². The van der Waals surface area contributed by atoms with E-state index in [4.69, 9.17) is 0 Å². The van der Waals surface area contributed by atoms with Crippen molar-refractivity contribution in [2.75, 3.05) is 37.7 Å². The third kappa shape index (κ3) is 4.75. The van der Waals surface area contributed by atoms with Gasteiger partial charge in [0.1, 0.15) is 0 Å². The van der Waals surface area contributed by atoms with Crippen molar-refractivity contribution in [3.05, 3.63) is 0 Å². The summed E-state index contributed by atoms with van der Waals surface area (Å²) in [6.45, 7) is 7.36. The van der Waals surface area contributed by atoms with Crippen molar-refractivity contribution in [2.24, 2.45) is 5.92 Å². The second-order valence-corrected chi connectivity index (χ2v) is 7.20. The zero-order valence-corrected chi connectivity index (χ0v) is 12.8. The molecule has 1 atom stereocenters. The van der Waals surface area contributed by atoms with Gasteiger partial charge in [-0.05, 0) is 43.2 Å². The van der Waals surface area contributed by atoms with Crippen LogP contribution in [0.5, 0.6) is 0 Å². The monoisotopic (exact) mass is 270 g/mol. The van der Waals surface area contributed by atoms with Gasteiger partial charge in [0.05, 0.1) is 0 Å². The van der Waals surface area contributed by atoms with Crippen LogP contribution in [0, 0.1) is 5.92 Å². The number of nitrogens with zero attached hydrogens (tertiary/aromatic N) is 1. The Morgan fingerprint density at radius 3 is 2.83 bits per heavy atom. The van der Waals surface area contributed by atoms with Gasteiger partial charge in [0.2, 0.25) is 0 Å². The quantitative estimate of drug-likeness (QED) is 0.747. The lowest BCUT2D eigenvalue weighted by Gasteiger charge is -2.39. The molecule has 0 amide bonds. The lowest BCUT2D eigenvalue weighted by Crippen LogP contribution is -2.54. The van der Waals surface area contributed by atoms with Gasteiger partial charge in [-0.3, -0.25) is 0 Å². The van der Waals surface area contributed by atoms with Crippen molar-refractivity contribution >= 4 is 11.8 Å². The summed E-state index contributed by atoms with van der Waals surface area (Å²) < 4.78 is 0. The van der Waals surface area contributed by atoms with Crippen molar-refractivity contribution in [1.29, 1.82) is 0 Å². The van der Waals surface area contributed by atoms with E-state index in [1.54, 1.807) is 0 Å². The maximum atomic E-state index is 3.77. The molecule has 0 aromatic rings. The molecule has 0 bridgehead atoms. The molecule has 0 aromatic carbocycles. The minimum Gasteiger partial charge on any atom is -0.311 e. The highest BCUT2D eigenvalue weighted by Gasteiger charge is 2.27. The van der Waals surface area contributed by atoms with Crippen molar-refractivity contribution in [2.45, 2.75) is 51.5 Å². The maximum Gasteiger partial charge on any atom is 0.0223 e. The average Bonchev–Trinajstić information content (AvgIpc) is 2.45. The Bertz CT molecular complexity index is 217. The number of thioether (sulfide) groups is 1. The minimum absolute atomic E-state index is 0.790. The van der Waals surface area contributed by atoms with Crippen molar-refractivity contribution in [3.63, 3.8) is 0 Å². The van der Waals surface area contributed by atoms with Crippen LogP contribution in [-0.4, -0.2) is 48.6 Å². The average molecular weight is 270 g/mol. The Hall–Kier alpha value is 0.270. The molecule has 1 saturated heterocycles. The smallest absolute Gasteiger partial charge is 0.0223 e. The Morgan fingerprint density at radius 2 is 2.06 bits per heavy atom. The lowest BCUT2D eigenvalue weighted by atomic mass is 9.83. The van der Waals surface area contributed by atoms with E-state index in [9.17, 15) is 0 Å². The first-order valence-electron chi connectivity index (χ1n) is 7.93. The molecule has 1 aliphatic heterocycles. The van der Waals surface area contributed by atoms with E-state index < -0.39 is 0 Å². The van der Waals surface area contributed by atoms with E-state index in [0.29, 0.717) is 0 Å². The molecule has 18 heavy (non-hydrogen) atoms. The molecule has 1 heterocycles. The highest BCUT2D eigenvalue weighted by molar-refractivity contribution is 7.99. The molecule has 2 aliphatic rings. The fourth-order valence-corrected chi connectivity index (χ4v) is 4.05. The second kappa shape index (κ2) is 8.44. The van der Waals surface area contributed by atoms with Crippen LogP contribution in [0.15, 0.2) is 0 Å². The zero-order chi connectivity index (χ0) is 12.6. The van der Waals surface area contributed by atoms with Crippen molar-refractivity contribution in [3.8, 4) is 0 Å². The molecule has 1 saturated carbocycles. The van der Waals surface area contributed by atoms with Crippen LogP contribution in [0.2, 0.25) is 0 Å². The number of piperazine rings is 1. The highest BCUT2D eigenvalue weighted by Crippen LogP contribution is 2.27. The third-order valence-corrected chi connectivity index (χ3v) is 5.46. The summed E-state index contributed by atoms with van der Waals surface area (Å²) in [6, 6.07) is 0.790. The Kier molecular flexibility index (Phi) is 6.88. The topological polar surface area (TPSA) is 15.3 Å². The molecule has 2 rings (SSSR count). The summed E-state index contributed by atoms with van der Waals surface area (Å²) in [5.74, 6) is 3.58. The van der Waals surface area contributed by atoms with Gasteiger partial charge in [-0.25, -0.2) is 0 Å². The van der Waals surface area contributed by atoms with E-state index in [1.807, 2.05) is 0 Å². The molecule has 0 radical (unpaired) electrons. The van der Waals surface area contributed by atoms with E-state index in [2.05, 4.69) is 28.9 Å². The summed E-state index contributed by atoms with van der Waals surface area (Å²) >= 11 is 2.08. The van der Waals surface area contributed by atoms with Gasteiger partial charge < -0.3 is 10.2 Å². The van der Waals surface area contributed by atoms with E-state index in [0.717, 1.165) is 12.0 Å². The van der Waals surface area contributed by atoms with Gasteiger partial charge in [-0.15, -0.1) is 0 Å². The number of nitrogens with one attached hydrogen (secondary N) is 1. The van der Waals surface area contributed by atoms with Crippen LogP contribution in [0.3, 0.4) is 0 Å². The van der Waals surface area contributed by atoms with Gasteiger partial charge in [-0.1, -0.05) is 26.2 Å². The van der Waals surface area contributed by atoms with Gasteiger partial charge in [0.15, 0.2) is 0 Å². The molecule has 0 aromatic heterocycles. The van der Waals surface area contributed by atoms with Gasteiger partial charge in [0.25, 0.3) is 0 Å². The molecule has 2 nitrogen and oxygen atoms in total. The summed E-state index contributed by atoms with van der Waals surface area (Å²) in [7, 11) is 0. The molecule has 1 N–H and O–H groups in total. The SMILES string of the molecule is CCSCCCN1CCNC(C2CCCCC2)C1. The Labute approximate surface area is 117 Å². The largest absolute Gasteiger partial charge is 0.311 e. The van der Waals surface area contributed by atoms with Crippen LogP contribution in [0.4, 0.5) is 0 Å². The van der Waals surface area contributed by atoms with E-state index in [-0.39, 0.29) is 0 Å². The molecule has 2 fully saturated rings. The minimum atomic E-state index is 0.790. The summed E-state index contributed by atoms with van der Waals surface area (Å²) in [5.41, 5.74) is 0. The standard InChI is InChI=1S/C15H30N2S/c1-2-18-12-6-10-17-11-9-16-15(13-17)14-7-4-3-5-8-14/h14-16H,2-13H2,1H3. The number of hydrogen-bond acceptors (Lipinski definition) is 3. The predicted molar refractivity (Wildman–Crippen MR) is 82.4 cm³/mol. The van der Waals surface area contributed by atoms with Gasteiger partial charge >= 0.3 is 0 Å². The van der Waals surface area contributed by atoms with E-state index in [1.165, 1.54) is 76.2 Å². The molecule has 106 valence electrons. The number of hydrogen-bond donors (Lipinski definition) is 1. The van der Waals surface area contributed by atoms with Crippen molar-refractivity contribution in [1.82, 2.24) is 10.2 Å². The lowest BCUT2D eigenvalue weighted by molar-refractivity contribution is 0.147. The summed E-state index contributed by atoms with van der Waals surface area (Å²) in [6.07, 6.45) is 8.72. The maximum absolute atomic E-state index is 3.77. The van der Waals surface area contributed by atoms with Gasteiger partial charge in [-0.2, -0.15) is 11.8 Å². The fourth-order valence-electron chi connectivity index (χ4n) is 3.43. The second-order valence-electron chi connectivity index (χ2n) is 5.81. The van der Waals surface area contributed by atoms with E-state index >= 15 is 0 Å². The summed E-state index contributed by atoms with van der Waals surface area (Å²) in [5, 5.41) is 3.77. The molecular formula is C15H30N2S. The van der Waals surface area contributed by atoms with Crippen LogP contribution in [0.25, 0.3) is 0 Å². The zero-order valence-electron chi connectivity index (χ0n) is 12.0. The molecule has 0 spiro atoms. The van der Waals surface area contributed by atoms with Crippen LogP contribution in [-0.2, 0) is 0 Å². The fraction of sp³-hybridized carbons (Fsp3) is 1.00. The third-order valence-electron chi connectivity index (χ3n) is 4.48. The first-order valence-corrected chi connectivity index (χ1v) is 9.09. The first kappa shape index (κ1) is 14.7. The molecule has 1 aliphatic carbocycles. The Balaban J connectivity index is 1.67. The Morgan fingerprint density at radius 1 is 1.22 bits per heavy atom. The molecule has 1 unspecified atom stereocenters. The predicted octanol–water partition coefficient (Wildman–Crippen LogP) is 2.98. The summed E-state index contributed by atoms with van der Waals surface area (Å²) in [4.78, 5) is 2.70. The van der Waals surface area contributed by atoms with Crippen LogP contribution >= 0.6 is 11.8 Å². The van der Waals surface area contributed by atoms with Gasteiger partial charge in [0, 0.05) is 25.7 Å². The normalized spacial score (nSPS) is 27.5. The molecular weight excluding hydrogens is 240 g/mol.